The summed E-state index contributed by atoms with van der Waals surface area (Å²) in [5.41, 5.74) is 9.35. The van der Waals surface area contributed by atoms with Gasteiger partial charge in [0, 0.05) is 40.7 Å². The molecule has 52 heavy (non-hydrogen) atoms. The zero-order chi connectivity index (χ0) is 33.9. The van der Waals surface area contributed by atoms with E-state index in [0.717, 1.165) is 32.2 Å². The Hall–Kier alpha value is -4.80. The summed E-state index contributed by atoms with van der Waals surface area (Å²) in [6.07, 6.45) is 0. The van der Waals surface area contributed by atoms with Crippen LogP contribution in [0.5, 0.6) is 0 Å². The number of rotatable bonds is 4. The Labute approximate surface area is 321 Å². The Bertz CT molecular complexity index is 3060. The normalized spacial score (nSPS) is 12.2. The number of aromatic nitrogens is 2. The summed E-state index contributed by atoms with van der Waals surface area (Å²) in [7, 11) is 0. The second-order valence-electron chi connectivity index (χ2n) is 13.0. The fourth-order valence-corrected chi connectivity index (χ4v) is 13.9. The molecule has 0 fully saturated rings. The lowest BCUT2D eigenvalue weighted by Gasteiger charge is -2.03. The summed E-state index contributed by atoms with van der Waals surface area (Å²) >= 11 is 10.9. The van der Waals surface area contributed by atoms with Crippen LogP contribution in [0.1, 0.15) is 0 Å². The maximum atomic E-state index is 5.10. The van der Waals surface area contributed by atoms with Gasteiger partial charge in [-0.2, -0.15) is 0 Å². The third-order valence-corrected chi connectivity index (χ3v) is 16.5. The molecule has 0 bridgehead atoms. The molecule has 244 valence electrons. The smallest absolute Gasteiger partial charge is 0.124 e. The van der Waals surface area contributed by atoms with Crippen molar-refractivity contribution in [2.45, 2.75) is 0 Å². The SMILES string of the molecule is c1cc2sc3cc(-c4ccc(-c5nc6cc7cc8sc(-c9ccc(-c%10ccc%11c(c%10)sc%10ccsc%10%11)cc9)nc8cc7cc6s5)cc4)ccc3c2s1. The van der Waals surface area contributed by atoms with Crippen LogP contribution >= 0.6 is 68.0 Å². The van der Waals surface area contributed by atoms with Crippen LogP contribution in [0.4, 0.5) is 0 Å². The fraction of sp³-hybridized carbons (Fsp3) is 0. The second kappa shape index (κ2) is 11.3. The summed E-state index contributed by atoms with van der Waals surface area (Å²) in [5.74, 6) is 0. The molecule has 0 aliphatic rings. The molecule has 0 radical (unpaired) electrons. The highest BCUT2D eigenvalue weighted by Crippen LogP contribution is 2.42. The van der Waals surface area contributed by atoms with Gasteiger partial charge in [-0.3, -0.25) is 0 Å². The molecule has 0 atom stereocenters. The molecule has 0 aliphatic carbocycles. The minimum atomic E-state index is 1.04. The molecule has 6 aromatic heterocycles. The number of nitrogens with zero attached hydrogens (tertiary/aromatic N) is 2. The second-order valence-corrected chi connectivity index (χ2v) is 19.1. The van der Waals surface area contributed by atoms with Gasteiger partial charge in [-0.05, 0) is 92.3 Å². The summed E-state index contributed by atoms with van der Waals surface area (Å²) in [6, 6.07) is 45.0. The number of thiophene rings is 4. The molecule has 12 aromatic rings. The van der Waals surface area contributed by atoms with E-state index in [0.29, 0.717) is 0 Å². The van der Waals surface area contributed by atoms with E-state index in [1.54, 1.807) is 22.7 Å². The van der Waals surface area contributed by atoms with Crippen molar-refractivity contribution in [1.82, 2.24) is 9.97 Å². The van der Waals surface area contributed by atoms with E-state index in [1.807, 2.05) is 45.3 Å². The van der Waals surface area contributed by atoms with E-state index in [-0.39, 0.29) is 0 Å². The number of fused-ring (bicyclic) bond motifs is 9. The highest BCUT2D eigenvalue weighted by molar-refractivity contribution is 7.32. The fourth-order valence-electron chi connectivity index (χ4n) is 7.29. The van der Waals surface area contributed by atoms with Gasteiger partial charge in [-0.1, -0.05) is 72.8 Å². The van der Waals surface area contributed by atoms with Crippen molar-refractivity contribution in [1.29, 1.82) is 0 Å². The molecule has 0 unspecified atom stereocenters. The van der Waals surface area contributed by atoms with Crippen LogP contribution in [0.15, 0.2) is 132 Å². The van der Waals surface area contributed by atoms with E-state index >= 15 is 0 Å². The number of hydrogen-bond donors (Lipinski definition) is 0. The molecule has 0 N–H and O–H groups in total. The molecule has 0 amide bonds. The first-order valence-electron chi connectivity index (χ1n) is 16.8. The van der Waals surface area contributed by atoms with E-state index in [4.69, 9.17) is 9.97 Å². The first-order chi connectivity index (χ1) is 25.7. The molecular weight excluding hydrogens is 749 g/mol. The Morgan fingerprint density at radius 2 is 0.750 bits per heavy atom. The van der Waals surface area contributed by atoms with Gasteiger partial charge in [0.15, 0.2) is 0 Å². The van der Waals surface area contributed by atoms with Gasteiger partial charge in [0.25, 0.3) is 0 Å². The molecule has 0 aliphatic heterocycles. The topological polar surface area (TPSA) is 25.8 Å². The maximum Gasteiger partial charge on any atom is 0.124 e. The molecular formula is C44H22N2S6. The molecule has 12 rings (SSSR count). The highest BCUT2D eigenvalue weighted by Gasteiger charge is 2.14. The van der Waals surface area contributed by atoms with Crippen LogP contribution in [-0.4, -0.2) is 9.97 Å². The Morgan fingerprint density at radius 1 is 0.327 bits per heavy atom. The van der Waals surface area contributed by atoms with Crippen LogP contribution in [0, 0.1) is 0 Å². The molecule has 2 nitrogen and oxygen atoms in total. The van der Waals surface area contributed by atoms with E-state index < -0.39 is 0 Å². The maximum absolute atomic E-state index is 5.10. The van der Waals surface area contributed by atoms with E-state index in [2.05, 4.69) is 132 Å². The van der Waals surface area contributed by atoms with Gasteiger partial charge in [0.2, 0.25) is 0 Å². The molecule has 0 saturated heterocycles. The third kappa shape index (κ3) is 4.69. The molecule has 0 saturated carbocycles. The molecule has 8 heteroatoms. The summed E-state index contributed by atoms with van der Waals surface area (Å²) < 4.78 is 10.6. The third-order valence-electron chi connectivity index (χ3n) is 9.93. The number of hydrogen-bond acceptors (Lipinski definition) is 8. The van der Waals surface area contributed by atoms with Crippen LogP contribution < -0.4 is 0 Å². The van der Waals surface area contributed by atoms with Crippen LogP contribution in [-0.2, 0) is 0 Å². The van der Waals surface area contributed by atoms with Crippen LogP contribution in [0.3, 0.4) is 0 Å². The molecule has 0 spiro atoms. The Balaban J connectivity index is 0.827. The van der Waals surface area contributed by atoms with Gasteiger partial charge in [0.05, 0.1) is 29.8 Å². The predicted octanol–water partition coefficient (Wildman–Crippen LogP) is 15.6. The van der Waals surface area contributed by atoms with E-state index in [1.165, 1.54) is 81.4 Å². The van der Waals surface area contributed by atoms with Crippen molar-refractivity contribution in [2.75, 3.05) is 0 Å². The standard InChI is InChI=1S/C44H22N2S6/c1-5-25(6-2-23(1)27-9-11-31-37(19-27)49-35-13-15-47-41(31)35)43-45-33-17-29-22-40-34(18-30(29)21-39(33)51-43)46-44(52-40)26-7-3-24(4-8-26)28-10-12-32-38(20-28)50-36-14-16-48-42(32)36/h1-22H. The van der Waals surface area contributed by atoms with Gasteiger partial charge in [-0.25, -0.2) is 9.97 Å². The first-order valence-corrected chi connectivity index (χ1v) is 21.9. The first kappa shape index (κ1) is 29.7. The average Bonchev–Trinajstić information content (AvgIpc) is 4.03. The zero-order valence-electron chi connectivity index (χ0n) is 27.0. The summed E-state index contributed by atoms with van der Waals surface area (Å²) in [5, 5.41) is 11.6. The average molecular weight is 771 g/mol. The van der Waals surface area contributed by atoms with E-state index in [9.17, 15) is 0 Å². The van der Waals surface area contributed by atoms with Gasteiger partial charge in [0.1, 0.15) is 10.0 Å². The minimum Gasteiger partial charge on any atom is -0.236 e. The number of thiazole rings is 2. The zero-order valence-corrected chi connectivity index (χ0v) is 31.9. The highest BCUT2D eigenvalue weighted by atomic mass is 32.1. The quantitative estimate of drug-likeness (QED) is 0.178. The Kier molecular flexibility index (Phi) is 6.49. The van der Waals surface area contributed by atoms with Crippen molar-refractivity contribution >= 4 is 138 Å². The van der Waals surface area contributed by atoms with Crippen molar-refractivity contribution in [3.8, 4) is 43.4 Å². The van der Waals surface area contributed by atoms with Crippen LogP contribution in [0.2, 0.25) is 0 Å². The predicted molar refractivity (Wildman–Crippen MR) is 234 cm³/mol. The van der Waals surface area contributed by atoms with Gasteiger partial charge < -0.3 is 0 Å². The largest absolute Gasteiger partial charge is 0.236 e. The summed E-state index contributed by atoms with van der Waals surface area (Å²) in [4.78, 5) is 10.2. The Morgan fingerprint density at radius 3 is 1.21 bits per heavy atom. The van der Waals surface area contributed by atoms with Gasteiger partial charge >= 0.3 is 0 Å². The lowest BCUT2D eigenvalue weighted by molar-refractivity contribution is 1.48. The van der Waals surface area contributed by atoms with Crippen LogP contribution in [0.25, 0.3) is 114 Å². The van der Waals surface area contributed by atoms with Crippen molar-refractivity contribution < 1.29 is 0 Å². The van der Waals surface area contributed by atoms with Crippen molar-refractivity contribution in [3.63, 3.8) is 0 Å². The van der Waals surface area contributed by atoms with Gasteiger partial charge in [-0.15, -0.1) is 68.0 Å². The van der Waals surface area contributed by atoms with Crippen molar-refractivity contribution in [2.24, 2.45) is 0 Å². The molecule has 6 heterocycles. The number of benzene rings is 6. The molecule has 6 aromatic carbocycles. The minimum absolute atomic E-state index is 1.04. The lowest BCUT2D eigenvalue weighted by atomic mass is 10.0. The lowest BCUT2D eigenvalue weighted by Crippen LogP contribution is -1.80. The summed E-state index contributed by atoms with van der Waals surface area (Å²) in [6.45, 7) is 0. The van der Waals surface area contributed by atoms with Crippen molar-refractivity contribution in [3.05, 3.63) is 132 Å². The monoisotopic (exact) mass is 770 g/mol.